The van der Waals surface area contributed by atoms with Crippen molar-refractivity contribution in [2.24, 2.45) is 0 Å². The average molecular weight is 371 g/mol. The highest BCUT2D eigenvalue weighted by molar-refractivity contribution is 5.93. The minimum Gasteiger partial charge on any atom is -0.497 e. The predicted octanol–water partition coefficient (Wildman–Crippen LogP) is 3.77. The Balaban J connectivity index is 1.79. The molecule has 0 unspecified atom stereocenters. The minimum atomic E-state index is -0.615. The predicted molar refractivity (Wildman–Crippen MR) is 103 cm³/mol. The SMILES string of the molecule is CC[C@@H](C)c1ccccc1NC(=O)COC(=O)COc1ccc(OC)cc1. The molecule has 0 saturated carbocycles. The monoisotopic (exact) mass is 371 g/mol. The van der Waals surface area contributed by atoms with Gasteiger partial charge in [0.2, 0.25) is 0 Å². The number of carbonyl (C=O) groups excluding carboxylic acids is 2. The lowest BCUT2D eigenvalue weighted by molar-refractivity contribution is -0.149. The first-order chi connectivity index (χ1) is 13.0. The van der Waals surface area contributed by atoms with Crippen molar-refractivity contribution in [3.05, 3.63) is 54.1 Å². The van der Waals surface area contributed by atoms with E-state index in [0.29, 0.717) is 17.4 Å². The van der Waals surface area contributed by atoms with E-state index in [0.717, 1.165) is 17.7 Å². The third-order valence-electron chi connectivity index (χ3n) is 4.16. The summed E-state index contributed by atoms with van der Waals surface area (Å²) in [7, 11) is 1.57. The largest absolute Gasteiger partial charge is 0.497 e. The van der Waals surface area contributed by atoms with Crippen molar-refractivity contribution >= 4 is 17.6 Å². The van der Waals surface area contributed by atoms with Crippen molar-refractivity contribution in [1.82, 2.24) is 0 Å². The summed E-state index contributed by atoms with van der Waals surface area (Å²) in [6, 6.07) is 14.4. The standard InChI is InChI=1S/C21H25NO5/c1-4-15(2)18-7-5-6-8-19(18)22-20(23)13-27-21(24)14-26-17-11-9-16(25-3)10-12-17/h5-12,15H,4,13-14H2,1-3H3,(H,22,23)/t15-/m1/s1. The lowest BCUT2D eigenvalue weighted by atomic mass is 9.97. The molecule has 0 aliphatic carbocycles. The van der Waals surface area contributed by atoms with Crippen molar-refractivity contribution in [3.63, 3.8) is 0 Å². The average Bonchev–Trinajstić information content (AvgIpc) is 2.71. The molecule has 0 aliphatic rings. The second-order valence-electron chi connectivity index (χ2n) is 6.07. The fraction of sp³-hybridized carbons (Fsp3) is 0.333. The van der Waals surface area contributed by atoms with Gasteiger partial charge >= 0.3 is 5.97 Å². The van der Waals surface area contributed by atoms with Gasteiger partial charge in [-0.15, -0.1) is 0 Å². The van der Waals surface area contributed by atoms with Crippen LogP contribution in [-0.2, 0) is 14.3 Å². The third kappa shape index (κ3) is 6.33. The molecule has 27 heavy (non-hydrogen) atoms. The van der Waals surface area contributed by atoms with Crippen LogP contribution in [0.25, 0.3) is 0 Å². The maximum Gasteiger partial charge on any atom is 0.344 e. The summed E-state index contributed by atoms with van der Waals surface area (Å²) in [5.74, 6) is 0.528. The molecule has 0 spiro atoms. The van der Waals surface area contributed by atoms with Crippen LogP contribution in [0, 0.1) is 0 Å². The quantitative estimate of drug-likeness (QED) is 0.679. The number of amides is 1. The van der Waals surface area contributed by atoms with Gasteiger partial charge in [-0.2, -0.15) is 0 Å². The van der Waals surface area contributed by atoms with Gasteiger partial charge in [-0.1, -0.05) is 32.0 Å². The van der Waals surface area contributed by atoms with Gasteiger partial charge in [0.25, 0.3) is 5.91 Å². The molecule has 1 atom stereocenters. The molecule has 0 radical (unpaired) electrons. The van der Waals surface area contributed by atoms with E-state index in [1.807, 2.05) is 24.3 Å². The van der Waals surface area contributed by atoms with Crippen molar-refractivity contribution in [3.8, 4) is 11.5 Å². The Labute approximate surface area is 159 Å². The van der Waals surface area contributed by atoms with Gasteiger partial charge in [-0.25, -0.2) is 4.79 Å². The van der Waals surface area contributed by atoms with E-state index < -0.39 is 5.97 Å². The molecule has 0 saturated heterocycles. The Morgan fingerprint density at radius 2 is 1.67 bits per heavy atom. The van der Waals surface area contributed by atoms with E-state index in [1.54, 1.807) is 31.4 Å². The highest BCUT2D eigenvalue weighted by atomic mass is 16.6. The van der Waals surface area contributed by atoms with Crippen LogP contribution in [0.5, 0.6) is 11.5 Å². The van der Waals surface area contributed by atoms with E-state index in [9.17, 15) is 9.59 Å². The highest BCUT2D eigenvalue weighted by Crippen LogP contribution is 2.26. The fourth-order valence-electron chi connectivity index (χ4n) is 2.45. The van der Waals surface area contributed by atoms with Gasteiger partial charge in [-0.05, 0) is 48.2 Å². The molecule has 0 heterocycles. The summed E-state index contributed by atoms with van der Waals surface area (Å²) < 4.78 is 15.3. The van der Waals surface area contributed by atoms with Crippen LogP contribution in [0.4, 0.5) is 5.69 Å². The third-order valence-corrected chi connectivity index (χ3v) is 4.16. The lowest BCUT2D eigenvalue weighted by Crippen LogP contribution is -2.24. The molecule has 1 N–H and O–H groups in total. The number of benzene rings is 2. The number of rotatable bonds is 9. The topological polar surface area (TPSA) is 73.9 Å². The van der Waals surface area contributed by atoms with Crippen LogP contribution in [-0.4, -0.2) is 32.2 Å². The van der Waals surface area contributed by atoms with Crippen molar-refractivity contribution in [1.29, 1.82) is 0 Å². The molecule has 6 heteroatoms. The summed E-state index contributed by atoms with van der Waals surface area (Å²) in [5.41, 5.74) is 1.80. The number of hydrogen-bond donors (Lipinski definition) is 1. The Kier molecular flexibility index (Phi) is 7.67. The summed E-state index contributed by atoms with van der Waals surface area (Å²) in [6.07, 6.45) is 0.963. The molecule has 2 aromatic carbocycles. The normalized spacial score (nSPS) is 11.4. The van der Waals surface area contributed by atoms with Gasteiger partial charge in [0.1, 0.15) is 11.5 Å². The van der Waals surface area contributed by atoms with Crippen LogP contribution in [0.1, 0.15) is 31.7 Å². The minimum absolute atomic E-state index is 0.275. The summed E-state index contributed by atoms with van der Waals surface area (Å²) >= 11 is 0. The van der Waals surface area contributed by atoms with Crippen LogP contribution in [0.2, 0.25) is 0 Å². The van der Waals surface area contributed by atoms with Crippen LogP contribution < -0.4 is 14.8 Å². The molecule has 6 nitrogen and oxygen atoms in total. The maximum atomic E-state index is 12.1. The van der Waals surface area contributed by atoms with Crippen molar-refractivity contribution in [2.45, 2.75) is 26.2 Å². The molecule has 0 bridgehead atoms. The first kappa shape index (κ1) is 20.3. The smallest absolute Gasteiger partial charge is 0.344 e. The molecule has 0 aliphatic heterocycles. The zero-order chi connectivity index (χ0) is 19.6. The van der Waals surface area contributed by atoms with Gasteiger partial charge in [0, 0.05) is 5.69 Å². The number of carbonyl (C=O) groups is 2. The van der Waals surface area contributed by atoms with E-state index in [1.165, 1.54) is 0 Å². The van der Waals surface area contributed by atoms with E-state index >= 15 is 0 Å². The van der Waals surface area contributed by atoms with E-state index in [4.69, 9.17) is 14.2 Å². The van der Waals surface area contributed by atoms with Gasteiger partial charge in [-0.3, -0.25) is 4.79 Å². The van der Waals surface area contributed by atoms with Gasteiger partial charge < -0.3 is 19.5 Å². The van der Waals surface area contributed by atoms with E-state index in [2.05, 4.69) is 19.2 Å². The van der Waals surface area contributed by atoms with Crippen LogP contribution in [0.15, 0.2) is 48.5 Å². The van der Waals surface area contributed by atoms with E-state index in [-0.39, 0.29) is 19.1 Å². The zero-order valence-corrected chi connectivity index (χ0v) is 15.9. The number of esters is 1. The first-order valence-corrected chi connectivity index (χ1v) is 8.84. The zero-order valence-electron chi connectivity index (χ0n) is 15.9. The Hall–Kier alpha value is -3.02. The maximum absolute atomic E-state index is 12.1. The highest BCUT2D eigenvalue weighted by Gasteiger charge is 2.13. The molecule has 0 aromatic heterocycles. The summed E-state index contributed by atoms with van der Waals surface area (Å²) in [5, 5.41) is 2.80. The Morgan fingerprint density at radius 1 is 1.00 bits per heavy atom. The van der Waals surface area contributed by atoms with Crippen molar-refractivity contribution in [2.75, 3.05) is 25.6 Å². The molecular weight excluding hydrogens is 346 g/mol. The second-order valence-corrected chi connectivity index (χ2v) is 6.07. The number of nitrogens with one attached hydrogen (secondary N) is 1. The number of methoxy groups -OCH3 is 1. The molecule has 0 fully saturated rings. The second kappa shape index (κ2) is 10.2. The number of ether oxygens (including phenoxy) is 3. The van der Waals surface area contributed by atoms with Crippen LogP contribution >= 0.6 is 0 Å². The van der Waals surface area contributed by atoms with Gasteiger partial charge in [0.05, 0.1) is 7.11 Å². The molecule has 2 rings (SSSR count). The number of hydrogen-bond acceptors (Lipinski definition) is 5. The summed E-state index contributed by atoms with van der Waals surface area (Å²) in [6.45, 7) is 3.55. The molecular formula is C21H25NO5. The molecule has 144 valence electrons. The summed E-state index contributed by atoms with van der Waals surface area (Å²) in [4.78, 5) is 23.8. The Bertz CT molecular complexity index is 757. The lowest BCUT2D eigenvalue weighted by Gasteiger charge is -2.15. The first-order valence-electron chi connectivity index (χ1n) is 8.84. The molecule has 1 amide bonds. The molecule has 2 aromatic rings. The number of anilines is 1. The Morgan fingerprint density at radius 3 is 2.33 bits per heavy atom. The number of para-hydroxylation sites is 1. The fourth-order valence-corrected chi connectivity index (χ4v) is 2.45. The van der Waals surface area contributed by atoms with Crippen LogP contribution in [0.3, 0.4) is 0 Å². The van der Waals surface area contributed by atoms with Gasteiger partial charge in [0.15, 0.2) is 13.2 Å². The van der Waals surface area contributed by atoms with Crippen molar-refractivity contribution < 1.29 is 23.8 Å².